The van der Waals surface area contributed by atoms with Crippen LogP contribution in [-0.4, -0.2) is 40.8 Å². The molecule has 0 aromatic heterocycles. The molecule has 2 aliphatic heterocycles. The maximum absolute atomic E-state index is 12.8. The number of halogens is 1. The smallest absolute Gasteiger partial charge is 0.267 e. The van der Waals surface area contributed by atoms with Gasteiger partial charge in [-0.3, -0.25) is 14.6 Å². The number of fused-ring (bicyclic) bond motifs is 1. The van der Waals surface area contributed by atoms with E-state index in [1.807, 2.05) is 55.5 Å². The zero-order valence-corrected chi connectivity index (χ0v) is 16.9. The molecule has 28 heavy (non-hydrogen) atoms. The first kappa shape index (κ1) is 18.6. The van der Waals surface area contributed by atoms with E-state index in [0.29, 0.717) is 6.42 Å². The molecule has 0 radical (unpaired) electrons. The summed E-state index contributed by atoms with van der Waals surface area (Å²) in [7, 11) is 0. The quantitative estimate of drug-likeness (QED) is 0.764. The van der Waals surface area contributed by atoms with Gasteiger partial charge in [0.25, 0.3) is 5.91 Å². The molecule has 144 valence electrons. The number of carbonyl (C=O) groups excluding carboxylic acids is 2. The van der Waals surface area contributed by atoms with E-state index in [2.05, 4.69) is 31.8 Å². The lowest BCUT2D eigenvalue weighted by Crippen LogP contribution is -2.52. The minimum absolute atomic E-state index is 0.0224. The predicted molar refractivity (Wildman–Crippen MR) is 110 cm³/mol. The van der Waals surface area contributed by atoms with Crippen molar-refractivity contribution in [3.05, 3.63) is 64.1 Å². The van der Waals surface area contributed by atoms with Gasteiger partial charge in [-0.05, 0) is 42.7 Å². The van der Waals surface area contributed by atoms with Gasteiger partial charge in [0.15, 0.2) is 0 Å². The third-order valence-corrected chi connectivity index (χ3v) is 5.47. The zero-order valence-electron chi connectivity index (χ0n) is 15.3. The molecule has 2 atom stereocenters. The molecule has 4 rings (SSSR count). The number of hydrazine groups is 1. The summed E-state index contributed by atoms with van der Waals surface area (Å²) >= 11 is 3.43. The van der Waals surface area contributed by atoms with Gasteiger partial charge in [0, 0.05) is 10.2 Å². The van der Waals surface area contributed by atoms with E-state index in [-0.39, 0.29) is 30.4 Å². The van der Waals surface area contributed by atoms with E-state index in [0.717, 1.165) is 21.3 Å². The Morgan fingerprint density at radius 3 is 2.75 bits per heavy atom. The topological polar surface area (TPSA) is 77.0 Å². The molecule has 2 aromatic carbocycles. The molecule has 0 spiro atoms. The molecule has 0 aliphatic carbocycles. The SMILES string of the molecule is Cc1ccccc1NC(=O)CN1N=CN2NC(c3ccc(Br)cc3)CC2C1=O. The number of nitrogens with zero attached hydrogens (tertiary/aromatic N) is 3. The van der Waals surface area contributed by atoms with E-state index in [1.54, 1.807) is 11.3 Å². The Hall–Kier alpha value is -2.71. The molecule has 2 N–H and O–H groups in total. The number of benzene rings is 2. The Labute approximate surface area is 171 Å². The number of rotatable bonds is 4. The number of amides is 2. The second kappa shape index (κ2) is 7.73. The van der Waals surface area contributed by atoms with Crippen molar-refractivity contribution in [2.24, 2.45) is 5.10 Å². The van der Waals surface area contributed by atoms with Crippen molar-refractivity contribution in [1.82, 2.24) is 15.4 Å². The van der Waals surface area contributed by atoms with E-state index in [9.17, 15) is 9.59 Å². The predicted octanol–water partition coefficient (Wildman–Crippen LogP) is 2.80. The van der Waals surface area contributed by atoms with Crippen molar-refractivity contribution in [3.63, 3.8) is 0 Å². The molecular formula is C20H20BrN5O2. The molecule has 2 amide bonds. The number of para-hydroxylation sites is 1. The number of carbonyl (C=O) groups is 2. The number of anilines is 1. The Morgan fingerprint density at radius 1 is 1.25 bits per heavy atom. The summed E-state index contributed by atoms with van der Waals surface area (Å²) in [5, 5.41) is 9.95. The lowest BCUT2D eigenvalue weighted by Gasteiger charge is -2.29. The van der Waals surface area contributed by atoms with Crippen LogP contribution in [0.25, 0.3) is 0 Å². The Bertz CT molecular complexity index is 930. The average Bonchev–Trinajstić information content (AvgIpc) is 3.12. The monoisotopic (exact) mass is 441 g/mol. The summed E-state index contributed by atoms with van der Waals surface area (Å²) in [5.41, 5.74) is 6.10. The molecule has 2 aromatic rings. The van der Waals surface area contributed by atoms with Crippen LogP contribution in [-0.2, 0) is 9.59 Å². The highest BCUT2D eigenvalue weighted by atomic mass is 79.9. The number of hydrazone groups is 1. The minimum Gasteiger partial charge on any atom is -0.324 e. The Balaban J connectivity index is 1.40. The summed E-state index contributed by atoms with van der Waals surface area (Å²) in [4.78, 5) is 25.2. The molecule has 1 saturated heterocycles. The molecule has 0 bridgehead atoms. The van der Waals surface area contributed by atoms with Crippen molar-refractivity contribution in [1.29, 1.82) is 0 Å². The largest absolute Gasteiger partial charge is 0.324 e. The fourth-order valence-corrected chi connectivity index (χ4v) is 3.67. The molecule has 1 fully saturated rings. The van der Waals surface area contributed by atoms with Crippen LogP contribution in [0.2, 0.25) is 0 Å². The summed E-state index contributed by atoms with van der Waals surface area (Å²) < 4.78 is 1.01. The van der Waals surface area contributed by atoms with Crippen LogP contribution in [0.15, 0.2) is 58.1 Å². The highest BCUT2D eigenvalue weighted by Gasteiger charge is 2.41. The molecule has 2 unspecified atom stereocenters. The van der Waals surface area contributed by atoms with Gasteiger partial charge < -0.3 is 5.32 Å². The third kappa shape index (κ3) is 3.79. The number of aryl methyl sites for hydroxylation is 1. The van der Waals surface area contributed by atoms with Gasteiger partial charge in [-0.2, -0.15) is 5.10 Å². The normalized spacial score (nSPS) is 21.0. The number of nitrogens with one attached hydrogen (secondary N) is 2. The van der Waals surface area contributed by atoms with E-state index in [1.165, 1.54) is 5.01 Å². The second-order valence-electron chi connectivity index (χ2n) is 6.88. The zero-order chi connectivity index (χ0) is 19.7. The second-order valence-corrected chi connectivity index (χ2v) is 7.80. The van der Waals surface area contributed by atoms with Gasteiger partial charge in [0.1, 0.15) is 18.9 Å². The lowest BCUT2D eigenvalue weighted by molar-refractivity contribution is -0.139. The maximum atomic E-state index is 12.8. The van der Waals surface area contributed by atoms with Crippen molar-refractivity contribution < 1.29 is 9.59 Å². The average molecular weight is 442 g/mol. The van der Waals surface area contributed by atoms with E-state index in [4.69, 9.17) is 0 Å². The Kier molecular flexibility index (Phi) is 5.15. The van der Waals surface area contributed by atoms with Gasteiger partial charge in [-0.1, -0.05) is 46.3 Å². The summed E-state index contributed by atoms with van der Waals surface area (Å²) in [6.45, 7) is 1.81. The van der Waals surface area contributed by atoms with Crippen LogP contribution in [0.4, 0.5) is 5.69 Å². The highest BCUT2D eigenvalue weighted by molar-refractivity contribution is 9.10. The molecule has 8 heteroatoms. The first-order chi connectivity index (χ1) is 13.5. The van der Waals surface area contributed by atoms with E-state index >= 15 is 0 Å². The van der Waals surface area contributed by atoms with Crippen LogP contribution < -0.4 is 10.7 Å². The lowest BCUT2D eigenvalue weighted by atomic mass is 10.0. The molecule has 7 nitrogen and oxygen atoms in total. The molecular weight excluding hydrogens is 422 g/mol. The van der Waals surface area contributed by atoms with Gasteiger partial charge in [-0.25, -0.2) is 10.4 Å². The minimum atomic E-state index is -0.377. The van der Waals surface area contributed by atoms with Gasteiger partial charge in [0.05, 0.1) is 6.04 Å². The Morgan fingerprint density at radius 2 is 2.00 bits per heavy atom. The van der Waals surface area contributed by atoms with Crippen molar-refractivity contribution in [2.75, 3.05) is 11.9 Å². The van der Waals surface area contributed by atoms with Crippen molar-refractivity contribution >= 4 is 39.8 Å². The van der Waals surface area contributed by atoms with Crippen LogP contribution in [0.3, 0.4) is 0 Å². The number of hydrogen-bond donors (Lipinski definition) is 2. The van der Waals surface area contributed by atoms with Gasteiger partial charge in [0.2, 0.25) is 5.91 Å². The highest BCUT2D eigenvalue weighted by Crippen LogP contribution is 2.30. The first-order valence-electron chi connectivity index (χ1n) is 9.02. The van der Waals surface area contributed by atoms with Crippen molar-refractivity contribution in [2.45, 2.75) is 25.4 Å². The standard InChI is InChI=1S/C20H20BrN5O2/c1-13-4-2-3-5-16(13)23-19(27)11-25-20(28)18-10-17(24-26(18)12-22-25)14-6-8-15(21)9-7-14/h2-9,12,17-18,24H,10-11H2,1H3,(H,23,27). The summed E-state index contributed by atoms with van der Waals surface area (Å²) in [5.74, 6) is -0.460. The van der Waals surface area contributed by atoms with Gasteiger partial charge >= 0.3 is 0 Å². The fraction of sp³-hybridized carbons (Fsp3) is 0.250. The number of hydrogen-bond acceptors (Lipinski definition) is 5. The van der Waals surface area contributed by atoms with E-state index < -0.39 is 0 Å². The maximum Gasteiger partial charge on any atom is 0.267 e. The summed E-state index contributed by atoms with van der Waals surface area (Å²) in [6, 6.07) is 15.2. The summed E-state index contributed by atoms with van der Waals surface area (Å²) in [6.07, 6.45) is 2.19. The van der Waals surface area contributed by atoms with Gasteiger partial charge in [-0.15, -0.1) is 0 Å². The third-order valence-electron chi connectivity index (χ3n) is 4.94. The van der Waals surface area contributed by atoms with Crippen LogP contribution in [0, 0.1) is 6.92 Å². The first-order valence-corrected chi connectivity index (χ1v) is 9.81. The molecule has 2 heterocycles. The molecule has 0 saturated carbocycles. The molecule has 2 aliphatic rings. The van der Waals surface area contributed by atoms with Crippen LogP contribution in [0.1, 0.15) is 23.6 Å². The van der Waals surface area contributed by atoms with Crippen LogP contribution in [0.5, 0.6) is 0 Å². The fourth-order valence-electron chi connectivity index (χ4n) is 3.40. The van der Waals surface area contributed by atoms with Crippen LogP contribution >= 0.6 is 15.9 Å². The van der Waals surface area contributed by atoms with Crippen molar-refractivity contribution in [3.8, 4) is 0 Å².